The number of carbonyl (C=O) groups excluding carboxylic acids is 1. The highest BCUT2D eigenvalue weighted by Gasteiger charge is 2.16. The van der Waals surface area contributed by atoms with Crippen LogP contribution >= 0.6 is 11.8 Å². The fraction of sp³-hybridized carbons (Fsp3) is 0.318. The molecule has 29 heavy (non-hydrogen) atoms. The molecule has 0 aliphatic carbocycles. The maximum absolute atomic E-state index is 12.9. The highest BCUT2D eigenvalue weighted by Crippen LogP contribution is 2.22. The standard InChI is InChI=1S/C22H26N4O2S/c1-17-9-10-20(13-18(17)2)26-16-23-24-22(26)29-15-21(27)25(11-12-28-3)14-19-7-5-4-6-8-19/h4-10,13,16H,11-12,14-15H2,1-3H3. The highest BCUT2D eigenvalue weighted by molar-refractivity contribution is 7.99. The minimum Gasteiger partial charge on any atom is -0.383 e. The van der Waals surface area contributed by atoms with Gasteiger partial charge in [0, 0.05) is 25.9 Å². The number of rotatable bonds is 9. The molecule has 3 rings (SSSR count). The van der Waals surface area contributed by atoms with Crippen molar-refractivity contribution in [2.75, 3.05) is 26.0 Å². The number of carbonyl (C=O) groups is 1. The van der Waals surface area contributed by atoms with Crippen molar-refractivity contribution in [2.45, 2.75) is 25.5 Å². The average Bonchev–Trinajstić information content (AvgIpc) is 3.20. The van der Waals surface area contributed by atoms with Gasteiger partial charge in [-0.3, -0.25) is 9.36 Å². The summed E-state index contributed by atoms with van der Waals surface area (Å²) >= 11 is 1.40. The van der Waals surface area contributed by atoms with E-state index in [1.165, 1.54) is 22.9 Å². The van der Waals surface area contributed by atoms with E-state index in [-0.39, 0.29) is 5.91 Å². The van der Waals surface area contributed by atoms with E-state index in [0.29, 0.717) is 30.6 Å². The first-order chi connectivity index (χ1) is 14.1. The largest absolute Gasteiger partial charge is 0.383 e. The van der Waals surface area contributed by atoms with Crippen molar-refractivity contribution in [1.29, 1.82) is 0 Å². The van der Waals surface area contributed by atoms with E-state index < -0.39 is 0 Å². The molecule has 7 heteroatoms. The molecule has 0 saturated heterocycles. The maximum atomic E-state index is 12.9. The zero-order valence-corrected chi connectivity index (χ0v) is 17.9. The lowest BCUT2D eigenvalue weighted by Crippen LogP contribution is -2.34. The fourth-order valence-corrected chi connectivity index (χ4v) is 3.72. The second-order valence-electron chi connectivity index (χ2n) is 6.83. The highest BCUT2D eigenvalue weighted by atomic mass is 32.2. The van der Waals surface area contributed by atoms with Crippen LogP contribution < -0.4 is 0 Å². The Labute approximate surface area is 175 Å². The van der Waals surface area contributed by atoms with Crippen molar-refractivity contribution in [3.05, 3.63) is 71.5 Å². The number of hydrogen-bond acceptors (Lipinski definition) is 5. The van der Waals surface area contributed by atoms with Gasteiger partial charge in [0.05, 0.1) is 12.4 Å². The molecule has 152 valence electrons. The number of aromatic nitrogens is 3. The summed E-state index contributed by atoms with van der Waals surface area (Å²) in [6.07, 6.45) is 1.68. The zero-order chi connectivity index (χ0) is 20.6. The molecule has 2 aromatic carbocycles. The Kier molecular flexibility index (Phi) is 7.43. The number of methoxy groups -OCH3 is 1. The molecule has 0 bridgehead atoms. The van der Waals surface area contributed by atoms with Crippen LogP contribution in [0.5, 0.6) is 0 Å². The van der Waals surface area contributed by atoms with E-state index in [9.17, 15) is 4.79 Å². The van der Waals surface area contributed by atoms with Gasteiger partial charge in [-0.25, -0.2) is 0 Å². The Morgan fingerprint density at radius 2 is 1.93 bits per heavy atom. The topological polar surface area (TPSA) is 60.2 Å². The zero-order valence-electron chi connectivity index (χ0n) is 17.0. The van der Waals surface area contributed by atoms with Gasteiger partial charge in [-0.05, 0) is 42.7 Å². The quantitative estimate of drug-likeness (QED) is 0.504. The predicted octanol–water partition coefficient (Wildman–Crippen LogP) is 3.65. The van der Waals surface area contributed by atoms with Gasteiger partial charge >= 0.3 is 0 Å². The van der Waals surface area contributed by atoms with Crippen LogP contribution in [0.15, 0.2) is 60.0 Å². The van der Waals surface area contributed by atoms with Gasteiger partial charge in [0.25, 0.3) is 0 Å². The van der Waals surface area contributed by atoms with Gasteiger partial charge in [0.15, 0.2) is 5.16 Å². The number of benzene rings is 2. The summed E-state index contributed by atoms with van der Waals surface area (Å²) in [4.78, 5) is 14.7. The molecule has 6 nitrogen and oxygen atoms in total. The number of ether oxygens (including phenoxy) is 1. The van der Waals surface area contributed by atoms with Crippen LogP contribution in [0.4, 0.5) is 0 Å². The SMILES string of the molecule is COCCN(Cc1ccccc1)C(=O)CSc1nncn1-c1ccc(C)c(C)c1. The van der Waals surface area contributed by atoms with Crippen molar-refractivity contribution in [3.8, 4) is 5.69 Å². The average molecular weight is 411 g/mol. The minimum atomic E-state index is 0.0468. The molecule has 0 aliphatic rings. The van der Waals surface area contributed by atoms with Crippen LogP contribution in [-0.4, -0.2) is 51.6 Å². The van der Waals surface area contributed by atoms with Gasteiger partial charge in [-0.15, -0.1) is 10.2 Å². The van der Waals surface area contributed by atoms with Gasteiger partial charge in [0.1, 0.15) is 6.33 Å². The Balaban J connectivity index is 1.68. The molecule has 0 radical (unpaired) electrons. The van der Waals surface area contributed by atoms with Crippen LogP contribution in [-0.2, 0) is 16.1 Å². The summed E-state index contributed by atoms with van der Waals surface area (Å²) < 4.78 is 7.10. The molecule has 1 amide bonds. The first-order valence-electron chi connectivity index (χ1n) is 9.49. The Bertz CT molecular complexity index is 943. The lowest BCUT2D eigenvalue weighted by molar-refractivity contribution is -0.129. The van der Waals surface area contributed by atoms with Crippen molar-refractivity contribution in [1.82, 2.24) is 19.7 Å². The molecule has 0 spiro atoms. The van der Waals surface area contributed by atoms with E-state index >= 15 is 0 Å². The Hall–Kier alpha value is -2.64. The molecular formula is C22H26N4O2S. The van der Waals surface area contributed by atoms with Crippen LogP contribution in [0.2, 0.25) is 0 Å². The van der Waals surface area contributed by atoms with Gasteiger partial charge in [0.2, 0.25) is 5.91 Å². The maximum Gasteiger partial charge on any atom is 0.233 e. The molecule has 0 fully saturated rings. The second-order valence-corrected chi connectivity index (χ2v) is 7.78. The summed E-state index contributed by atoms with van der Waals surface area (Å²) in [6.45, 7) is 5.78. The summed E-state index contributed by atoms with van der Waals surface area (Å²) in [5.41, 5.74) is 4.53. The summed E-state index contributed by atoms with van der Waals surface area (Å²) in [7, 11) is 1.64. The van der Waals surface area contributed by atoms with Crippen LogP contribution in [0.25, 0.3) is 5.69 Å². The minimum absolute atomic E-state index is 0.0468. The summed E-state index contributed by atoms with van der Waals surface area (Å²) in [5, 5.41) is 8.94. The van der Waals surface area contributed by atoms with E-state index in [4.69, 9.17) is 4.74 Å². The van der Waals surface area contributed by atoms with Crippen LogP contribution in [0.3, 0.4) is 0 Å². The lowest BCUT2D eigenvalue weighted by atomic mass is 10.1. The molecule has 0 unspecified atom stereocenters. The summed E-state index contributed by atoms with van der Waals surface area (Å²) in [6, 6.07) is 16.2. The molecule has 1 heterocycles. The monoisotopic (exact) mass is 410 g/mol. The van der Waals surface area contributed by atoms with Gasteiger partial charge < -0.3 is 9.64 Å². The summed E-state index contributed by atoms with van der Waals surface area (Å²) in [5.74, 6) is 0.339. The number of nitrogens with zero attached hydrogens (tertiary/aromatic N) is 4. The molecule has 0 N–H and O–H groups in total. The van der Waals surface area contributed by atoms with E-state index in [1.54, 1.807) is 13.4 Å². The third-order valence-electron chi connectivity index (χ3n) is 4.74. The predicted molar refractivity (Wildman–Crippen MR) is 115 cm³/mol. The number of amides is 1. The van der Waals surface area contributed by atoms with Gasteiger partial charge in [-0.1, -0.05) is 48.2 Å². The Morgan fingerprint density at radius 3 is 2.66 bits per heavy atom. The number of aryl methyl sites for hydroxylation is 2. The first-order valence-corrected chi connectivity index (χ1v) is 10.5. The third-order valence-corrected chi connectivity index (χ3v) is 5.67. The van der Waals surface area contributed by atoms with Crippen molar-refractivity contribution >= 4 is 17.7 Å². The lowest BCUT2D eigenvalue weighted by Gasteiger charge is -2.22. The van der Waals surface area contributed by atoms with E-state index in [1.807, 2.05) is 45.9 Å². The molecular weight excluding hydrogens is 384 g/mol. The van der Waals surface area contributed by atoms with Crippen LogP contribution in [0.1, 0.15) is 16.7 Å². The second kappa shape index (κ2) is 10.2. The molecule has 1 aromatic heterocycles. The molecule has 0 atom stereocenters. The fourth-order valence-electron chi connectivity index (χ4n) is 2.89. The molecule has 0 saturated carbocycles. The van der Waals surface area contributed by atoms with Crippen LogP contribution in [0, 0.1) is 13.8 Å². The van der Waals surface area contributed by atoms with E-state index in [2.05, 4.69) is 36.2 Å². The van der Waals surface area contributed by atoms with Crippen molar-refractivity contribution in [3.63, 3.8) is 0 Å². The molecule has 3 aromatic rings. The first kappa shape index (κ1) is 21.1. The molecule has 0 aliphatic heterocycles. The normalized spacial score (nSPS) is 10.9. The van der Waals surface area contributed by atoms with Crippen molar-refractivity contribution < 1.29 is 9.53 Å². The van der Waals surface area contributed by atoms with Gasteiger partial charge in [-0.2, -0.15) is 0 Å². The number of hydrogen-bond donors (Lipinski definition) is 0. The van der Waals surface area contributed by atoms with E-state index in [0.717, 1.165) is 11.3 Å². The number of thioether (sulfide) groups is 1. The van der Waals surface area contributed by atoms with Crippen molar-refractivity contribution in [2.24, 2.45) is 0 Å². The Morgan fingerprint density at radius 1 is 1.14 bits per heavy atom. The smallest absolute Gasteiger partial charge is 0.233 e. The third kappa shape index (κ3) is 5.68.